The minimum atomic E-state index is -0.161. The van der Waals surface area contributed by atoms with Crippen LogP contribution in [0.2, 0.25) is 0 Å². The normalized spacial score (nSPS) is 14.0. The maximum atomic E-state index is 12.4. The summed E-state index contributed by atoms with van der Waals surface area (Å²) in [7, 11) is 0. The third-order valence-corrected chi connectivity index (χ3v) is 4.88. The van der Waals surface area contributed by atoms with Gasteiger partial charge < -0.3 is 10.2 Å². The van der Waals surface area contributed by atoms with Gasteiger partial charge in [-0.3, -0.25) is 9.59 Å². The molecule has 0 saturated carbocycles. The van der Waals surface area contributed by atoms with Crippen LogP contribution in [0.15, 0.2) is 36.2 Å². The van der Waals surface area contributed by atoms with Crippen LogP contribution in [0.25, 0.3) is 5.70 Å². The molecule has 0 atom stereocenters. The van der Waals surface area contributed by atoms with E-state index in [0.717, 1.165) is 11.3 Å². The molecule has 3 rings (SSSR count). The Bertz CT molecular complexity index is 813. The molecule has 0 bridgehead atoms. The molecule has 130 valence electrons. The van der Waals surface area contributed by atoms with Crippen LogP contribution in [0.1, 0.15) is 48.8 Å². The van der Waals surface area contributed by atoms with Gasteiger partial charge in [0, 0.05) is 40.6 Å². The average molecular weight is 355 g/mol. The van der Waals surface area contributed by atoms with Gasteiger partial charge in [0.1, 0.15) is 0 Å². The molecule has 0 unspecified atom stereocenters. The molecule has 0 radical (unpaired) electrons. The number of nitrogens with one attached hydrogen (secondary N) is 1. The van der Waals surface area contributed by atoms with E-state index in [4.69, 9.17) is 0 Å². The fraction of sp³-hybridized carbons (Fsp3) is 0.316. The minimum absolute atomic E-state index is 0.0506. The molecule has 1 aliphatic rings. The van der Waals surface area contributed by atoms with Crippen LogP contribution in [0.4, 0.5) is 5.13 Å². The number of amides is 2. The van der Waals surface area contributed by atoms with Crippen LogP contribution in [0.5, 0.6) is 0 Å². The Hall–Kier alpha value is -2.47. The average Bonchev–Trinajstić information content (AvgIpc) is 3.11. The molecule has 25 heavy (non-hydrogen) atoms. The van der Waals surface area contributed by atoms with E-state index < -0.39 is 0 Å². The largest absolute Gasteiger partial charge is 0.308 e. The summed E-state index contributed by atoms with van der Waals surface area (Å²) in [5.74, 6) is -0.260. The van der Waals surface area contributed by atoms with Crippen molar-refractivity contribution in [2.24, 2.45) is 0 Å². The number of benzene rings is 1. The molecule has 2 heterocycles. The Balaban J connectivity index is 1.59. The van der Waals surface area contributed by atoms with Crippen molar-refractivity contribution >= 4 is 34.0 Å². The minimum Gasteiger partial charge on any atom is -0.308 e. The number of hydrogen-bond donors (Lipinski definition) is 1. The predicted octanol–water partition coefficient (Wildman–Crippen LogP) is 3.90. The predicted molar refractivity (Wildman–Crippen MR) is 101 cm³/mol. The topological polar surface area (TPSA) is 62.3 Å². The smallest absolute Gasteiger partial charge is 0.258 e. The summed E-state index contributed by atoms with van der Waals surface area (Å²) in [4.78, 5) is 30.6. The molecule has 0 saturated heterocycles. The third kappa shape index (κ3) is 3.49. The maximum Gasteiger partial charge on any atom is 0.258 e. The summed E-state index contributed by atoms with van der Waals surface area (Å²) in [6, 6.07) is 7.37. The second-order valence-electron chi connectivity index (χ2n) is 7.04. The standard InChI is InChI=1S/C19H21N3O2S/c1-12-13-7-5-6-8-14(13)17(24)22(12)10-9-16(23)21-18-20-15(11-25-18)19(2,3)4/h5-8,11H,1,9-10H2,2-4H3,(H,20,21,23). The number of hydrogen-bond acceptors (Lipinski definition) is 4. The number of thiazole rings is 1. The number of nitrogens with zero attached hydrogens (tertiary/aromatic N) is 2. The number of carbonyl (C=O) groups excluding carboxylic acids is 2. The van der Waals surface area contributed by atoms with Crippen LogP contribution in [0, 0.1) is 0 Å². The lowest BCUT2D eigenvalue weighted by atomic mass is 9.93. The third-order valence-electron chi connectivity index (χ3n) is 4.12. The summed E-state index contributed by atoms with van der Waals surface area (Å²) in [6.07, 6.45) is 0.198. The summed E-state index contributed by atoms with van der Waals surface area (Å²) < 4.78 is 0. The molecule has 0 aliphatic carbocycles. The number of anilines is 1. The van der Waals surface area contributed by atoms with Gasteiger partial charge in [0.05, 0.1) is 5.69 Å². The molecule has 5 nitrogen and oxygen atoms in total. The number of fused-ring (bicyclic) bond motifs is 1. The van der Waals surface area contributed by atoms with Crippen molar-refractivity contribution in [3.8, 4) is 0 Å². The summed E-state index contributed by atoms with van der Waals surface area (Å²) >= 11 is 1.41. The first-order chi connectivity index (χ1) is 11.8. The zero-order chi connectivity index (χ0) is 18.2. The van der Waals surface area contributed by atoms with E-state index in [0.29, 0.717) is 22.9 Å². The fourth-order valence-electron chi connectivity index (χ4n) is 2.64. The molecule has 2 aromatic rings. The number of carbonyl (C=O) groups is 2. The van der Waals surface area contributed by atoms with Gasteiger partial charge in [-0.25, -0.2) is 4.98 Å². The summed E-state index contributed by atoms with van der Waals surface area (Å²) in [5, 5.41) is 5.35. The molecule has 1 aromatic heterocycles. The highest BCUT2D eigenvalue weighted by Crippen LogP contribution is 2.31. The van der Waals surface area contributed by atoms with E-state index in [2.05, 4.69) is 37.7 Å². The molecular formula is C19H21N3O2S. The lowest BCUT2D eigenvalue weighted by molar-refractivity contribution is -0.116. The van der Waals surface area contributed by atoms with Crippen molar-refractivity contribution in [2.45, 2.75) is 32.6 Å². The van der Waals surface area contributed by atoms with Gasteiger partial charge in [-0.2, -0.15) is 0 Å². The van der Waals surface area contributed by atoms with Crippen molar-refractivity contribution in [1.29, 1.82) is 0 Å². The van der Waals surface area contributed by atoms with Crippen LogP contribution >= 0.6 is 11.3 Å². The zero-order valence-corrected chi connectivity index (χ0v) is 15.4. The van der Waals surface area contributed by atoms with Crippen molar-refractivity contribution in [3.63, 3.8) is 0 Å². The highest BCUT2D eigenvalue weighted by atomic mass is 32.1. The van der Waals surface area contributed by atoms with Crippen molar-refractivity contribution in [2.75, 3.05) is 11.9 Å². The molecule has 6 heteroatoms. The Morgan fingerprint density at radius 3 is 2.56 bits per heavy atom. The Morgan fingerprint density at radius 2 is 1.96 bits per heavy atom. The highest BCUT2D eigenvalue weighted by molar-refractivity contribution is 7.13. The van der Waals surface area contributed by atoms with E-state index in [-0.39, 0.29) is 23.7 Å². The van der Waals surface area contributed by atoms with Gasteiger partial charge in [0.2, 0.25) is 5.91 Å². The van der Waals surface area contributed by atoms with Crippen LogP contribution in [0.3, 0.4) is 0 Å². The summed E-state index contributed by atoms with van der Waals surface area (Å²) in [6.45, 7) is 10.5. The highest BCUT2D eigenvalue weighted by Gasteiger charge is 2.30. The Labute approximate surface area is 151 Å². The van der Waals surface area contributed by atoms with Gasteiger partial charge in [-0.15, -0.1) is 11.3 Å². The molecular weight excluding hydrogens is 334 g/mol. The monoisotopic (exact) mass is 355 g/mol. The van der Waals surface area contributed by atoms with E-state index in [1.165, 1.54) is 11.3 Å². The zero-order valence-electron chi connectivity index (χ0n) is 14.6. The van der Waals surface area contributed by atoms with E-state index >= 15 is 0 Å². The SMILES string of the molecule is C=C1c2ccccc2C(=O)N1CCC(=O)Nc1nc(C(C)(C)C)cs1. The quantitative estimate of drug-likeness (QED) is 0.905. The number of aromatic nitrogens is 1. The summed E-state index contributed by atoms with van der Waals surface area (Å²) in [5.41, 5.74) is 3.03. The van der Waals surface area contributed by atoms with E-state index in [9.17, 15) is 9.59 Å². The molecule has 0 spiro atoms. The van der Waals surface area contributed by atoms with E-state index in [1.54, 1.807) is 11.0 Å². The fourth-order valence-corrected chi connectivity index (χ4v) is 3.60. The van der Waals surface area contributed by atoms with Gasteiger partial charge >= 0.3 is 0 Å². The first-order valence-electron chi connectivity index (χ1n) is 8.13. The van der Waals surface area contributed by atoms with Crippen molar-refractivity contribution < 1.29 is 9.59 Å². The molecule has 2 amide bonds. The van der Waals surface area contributed by atoms with E-state index in [1.807, 2.05) is 23.6 Å². The van der Waals surface area contributed by atoms with Gasteiger partial charge in [-0.1, -0.05) is 45.5 Å². The van der Waals surface area contributed by atoms with Gasteiger partial charge in [0.15, 0.2) is 5.13 Å². The van der Waals surface area contributed by atoms with Crippen molar-refractivity contribution in [3.05, 3.63) is 53.0 Å². The molecule has 1 aromatic carbocycles. The van der Waals surface area contributed by atoms with Crippen LogP contribution in [-0.2, 0) is 10.2 Å². The van der Waals surface area contributed by atoms with Crippen molar-refractivity contribution in [1.82, 2.24) is 9.88 Å². The lowest BCUT2D eigenvalue weighted by Gasteiger charge is -2.16. The van der Waals surface area contributed by atoms with Gasteiger partial charge in [-0.05, 0) is 6.07 Å². The maximum absolute atomic E-state index is 12.4. The van der Waals surface area contributed by atoms with Gasteiger partial charge in [0.25, 0.3) is 5.91 Å². The first kappa shape index (κ1) is 17.4. The second kappa shape index (κ2) is 6.44. The molecule has 1 N–H and O–H groups in total. The Morgan fingerprint density at radius 1 is 1.28 bits per heavy atom. The molecule has 1 aliphatic heterocycles. The Kier molecular flexibility index (Phi) is 4.47. The van der Waals surface area contributed by atoms with Crippen LogP contribution < -0.4 is 5.32 Å². The first-order valence-corrected chi connectivity index (χ1v) is 9.01. The lowest BCUT2D eigenvalue weighted by Crippen LogP contribution is -2.27. The second-order valence-corrected chi connectivity index (χ2v) is 7.89. The molecule has 0 fully saturated rings. The number of rotatable bonds is 4. The van der Waals surface area contributed by atoms with Crippen LogP contribution in [-0.4, -0.2) is 28.2 Å².